The molecule has 1 atom stereocenters. The smallest absolute Gasteiger partial charge is 0.237 e. The van der Waals surface area contributed by atoms with Gasteiger partial charge in [-0.1, -0.05) is 31.4 Å². The van der Waals surface area contributed by atoms with Crippen molar-refractivity contribution in [3.05, 3.63) is 65.5 Å². The van der Waals surface area contributed by atoms with Gasteiger partial charge in [-0.05, 0) is 30.5 Å². The zero-order valence-corrected chi connectivity index (χ0v) is 17.7. The largest absolute Gasteiger partial charge is 0.370 e. The molecule has 1 saturated carbocycles. The van der Waals surface area contributed by atoms with E-state index in [9.17, 15) is 13.6 Å². The molecule has 7 heteroatoms. The van der Waals surface area contributed by atoms with E-state index in [1.165, 1.54) is 18.6 Å². The zero-order valence-electron chi connectivity index (χ0n) is 17.7. The highest BCUT2D eigenvalue weighted by Crippen LogP contribution is 2.25. The van der Waals surface area contributed by atoms with Gasteiger partial charge in [0.15, 0.2) is 0 Å². The SMILES string of the molecule is O=C1CN(Cc2ccc(F)cc2F)CC(OCc2cccnc2)CN1C1CCCCC1. The van der Waals surface area contributed by atoms with Crippen LogP contribution in [0.3, 0.4) is 0 Å². The third-order valence-electron chi connectivity index (χ3n) is 6.17. The fourth-order valence-electron chi connectivity index (χ4n) is 4.57. The van der Waals surface area contributed by atoms with Gasteiger partial charge in [0.05, 0.1) is 19.3 Å². The quantitative estimate of drug-likeness (QED) is 0.698. The molecule has 5 nitrogen and oxygen atoms in total. The minimum absolute atomic E-state index is 0.0573. The molecule has 4 rings (SSSR count). The Balaban J connectivity index is 1.50. The molecule has 0 N–H and O–H groups in total. The highest BCUT2D eigenvalue weighted by molar-refractivity contribution is 5.79. The van der Waals surface area contributed by atoms with Gasteiger partial charge in [0.1, 0.15) is 11.6 Å². The van der Waals surface area contributed by atoms with E-state index in [1.54, 1.807) is 12.4 Å². The van der Waals surface area contributed by atoms with Gasteiger partial charge in [0.25, 0.3) is 0 Å². The lowest BCUT2D eigenvalue weighted by Crippen LogP contribution is -2.45. The van der Waals surface area contributed by atoms with Crippen molar-refractivity contribution in [1.29, 1.82) is 0 Å². The van der Waals surface area contributed by atoms with E-state index in [0.29, 0.717) is 25.3 Å². The van der Waals surface area contributed by atoms with Crippen LogP contribution in [0.4, 0.5) is 8.78 Å². The monoisotopic (exact) mass is 429 g/mol. The summed E-state index contributed by atoms with van der Waals surface area (Å²) in [4.78, 5) is 21.2. The first-order valence-electron chi connectivity index (χ1n) is 11.0. The number of nitrogens with zero attached hydrogens (tertiary/aromatic N) is 3. The molecule has 1 aromatic heterocycles. The molecule has 0 radical (unpaired) electrons. The van der Waals surface area contributed by atoms with Crippen molar-refractivity contribution in [2.24, 2.45) is 0 Å². The first-order chi connectivity index (χ1) is 15.1. The highest BCUT2D eigenvalue weighted by atomic mass is 19.1. The Morgan fingerprint density at radius 2 is 1.94 bits per heavy atom. The Morgan fingerprint density at radius 3 is 2.68 bits per heavy atom. The Hall–Kier alpha value is -2.38. The summed E-state index contributed by atoms with van der Waals surface area (Å²) in [6, 6.07) is 7.66. The van der Waals surface area contributed by atoms with Crippen molar-refractivity contribution < 1.29 is 18.3 Å². The average Bonchev–Trinajstić information content (AvgIpc) is 2.94. The van der Waals surface area contributed by atoms with E-state index in [2.05, 4.69) is 4.98 Å². The van der Waals surface area contributed by atoms with Crippen molar-refractivity contribution in [3.63, 3.8) is 0 Å². The maximum absolute atomic E-state index is 14.2. The molecule has 0 bridgehead atoms. The predicted molar refractivity (Wildman–Crippen MR) is 113 cm³/mol. The molecule has 166 valence electrons. The van der Waals surface area contributed by atoms with Crippen LogP contribution in [-0.4, -0.2) is 52.5 Å². The Morgan fingerprint density at radius 1 is 1.10 bits per heavy atom. The lowest BCUT2D eigenvalue weighted by atomic mass is 9.94. The second kappa shape index (κ2) is 10.3. The number of hydrogen-bond donors (Lipinski definition) is 0. The van der Waals surface area contributed by atoms with Crippen molar-refractivity contribution in [2.75, 3.05) is 19.6 Å². The molecule has 1 saturated heterocycles. The molecule has 1 aromatic carbocycles. The minimum Gasteiger partial charge on any atom is -0.370 e. The lowest BCUT2D eigenvalue weighted by molar-refractivity contribution is -0.135. The van der Waals surface area contributed by atoms with Crippen LogP contribution in [-0.2, 0) is 22.7 Å². The molecule has 1 aliphatic heterocycles. The van der Waals surface area contributed by atoms with Gasteiger partial charge >= 0.3 is 0 Å². The summed E-state index contributed by atoms with van der Waals surface area (Å²) < 4.78 is 33.7. The maximum atomic E-state index is 14.2. The molecule has 2 fully saturated rings. The van der Waals surface area contributed by atoms with Crippen molar-refractivity contribution >= 4 is 5.91 Å². The van der Waals surface area contributed by atoms with Crippen LogP contribution in [0.25, 0.3) is 0 Å². The normalized spacial score (nSPS) is 21.3. The van der Waals surface area contributed by atoms with E-state index >= 15 is 0 Å². The second-order valence-electron chi connectivity index (χ2n) is 8.54. The summed E-state index contributed by atoms with van der Waals surface area (Å²) in [5, 5.41) is 0. The van der Waals surface area contributed by atoms with Gasteiger partial charge in [0, 0.05) is 49.7 Å². The first kappa shape index (κ1) is 21.8. The van der Waals surface area contributed by atoms with Crippen LogP contribution < -0.4 is 0 Å². The van der Waals surface area contributed by atoms with Gasteiger partial charge in [-0.3, -0.25) is 14.7 Å². The second-order valence-corrected chi connectivity index (χ2v) is 8.54. The third-order valence-corrected chi connectivity index (χ3v) is 6.17. The van der Waals surface area contributed by atoms with Crippen molar-refractivity contribution in [3.8, 4) is 0 Å². The topological polar surface area (TPSA) is 45.7 Å². The number of benzene rings is 1. The molecule has 2 aromatic rings. The molecule has 2 aliphatic rings. The highest BCUT2D eigenvalue weighted by Gasteiger charge is 2.33. The van der Waals surface area contributed by atoms with Crippen LogP contribution in [0, 0.1) is 11.6 Å². The van der Waals surface area contributed by atoms with Gasteiger partial charge in [-0.25, -0.2) is 8.78 Å². The summed E-state index contributed by atoms with van der Waals surface area (Å²) in [6.45, 7) is 1.89. The summed E-state index contributed by atoms with van der Waals surface area (Å²) in [7, 11) is 0. The molecule has 0 spiro atoms. The van der Waals surface area contributed by atoms with E-state index in [4.69, 9.17) is 4.74 Å². The number of carbonyl (C=O) groups is 1. The molecular formula is C24H29F2N3O2. The predicted octanol–water partition coefficient (Wildman–Crippen LogP) is 3.92. The fraction of sp³-hybridized carbons (Fsp3) is 0.500. The van der Waals surface area contributed by atoms with Gasteiger partial charge in [0.2, 0.25) is 5.91 Å². The van der Waals surface area contributed by atoms with Gasteiger partial charge in [-0.15, -0.1) is 0 Å². The maximum Gasteiger partial charge on any atom is 0.237 e. The summed E-state index contributed by atoms with van der Waals surface area (Å²) in [5.74, 6) is -1.13. The molecule has 1 unspecified atom stereocenters. The minimum atomic E-state index is -0.602. The summed E-state index contributed by atoms with van der Waals surface area (Å²) in [5.41, 5.74) is 1.35. The Labute approximate surface area is 182 Å². The Bertz CT molecular complexity index is 874. The van der Waals surface area contributed by atoms with Crippen LogP contribution in [0.1, 0.15) is 43.2 Å². The lowest BCUT2D eigenvalue weighted by Gasteiger charge is -2.35. The average molecular weight is 430 g/mol. The van der Waals surface area contributed by atoms with E-state index in [-0.39, 0.29) is 31.1 Å². The summed E-state index contributed by atoms with van der Waals surface area (Å²) >= 11 is 0. The number of carbonyl (C=O) groups excluding carboxylic acids is 1. The van der Waals surface area contributed by atoms with Crippen LogP contribution in [0.15, 0.2) is 42.7 Å². The van der Waals surface area contributed by atoms with Crippen molar-refractivity contribution in [1.82, 2.24) is 14.8 Å². The van der Waals surface area contributed by atoms with Gasteiger partial charge < -0.3 is 9.64 Å². The third kappa shape index (κ3) is 5.86. The molecule has 1 amide bonds. The summed E-state index contributed by atoms with van der Waals surface area (Å²) in [6.07, 6.45) is 8.83. The fourth-order valence-corrected chi connectivity index (χ4v) is 4.57. The number of aromatic nitrogens is 1. The van der Waals surface area contributed by atoms with E-state index in [1.807, 2.05) is 21.9 Å². The number of hydrogen-bond acceptors (Lipinski definition) is 4. The van der Waals surface area contributed by atoms with Crippen LogP contribution >= 0.6 is 0 Å². The molecule has 2 heterocycles. The van der Waals surface area contributed by atoms with E-state index < -0.39 is 11.6 Å². The number of halogens is 2. The van der Waals surface area contributed by atoms with E-state index in [0.717, 1.165) is 37.3 Å². The Kier molecular flexibility index (Phi) is 7.25. The number of rotatable bonds is 6. The number of pyridine rings is 1. The van der Waals surface area contributed by atoms with Crippen LogP contribution in [0.2, 0.25) is 0 Å². The number of ether oxygens (including phenoxy) is 1. The standard InChI is InChI=1S/C24H29F2N3O2/c25-20-9-8-19(23(26)11-20)13-28-14-22(31-17-18-5-4-10-27-12-18)15-29(24(30)16-28)21-6-2-1-3-7-21/h4-5,8-12,21-22H,1-3,6-7,13-17H2. The molecule has 1 aliphatic carbocycles. The molecule has 31 heavy (non-hydrogen) atoms. The first-order valence-corrected chi connectivity index (χ1v) is 11.0. The van der Waals surface area contributed by atoms with Gasteiger partial charge in [-0.2, -0.15) is 0 Å². The number of amides is 1. The van der Waals surface area contributed by atoms with Crippen LogP contribution in [0.5, 0.6) is 0 Å². The van der Waals surface area contributed by atoms with Crippen molar-refractivity contribution in [2.45, 2.75) is 57.4 Å². The zero-order chi connectivity index (χ0) is 21.6. The molecular weight excluding hydrogens is 400 g/mol.